The number of carbonyl (C=O) groups is 1. The number of hydrogen-bond acceptors (Lipinski definition) is 5. The molecular weight excluding hydrogens is 395 g/mol. The van der Waals surface area contributed by atoms with Gasteiger partial charge in [-0.25, -0.2) is 17.5 Å². The number of nitrogens with two attached hydrogens (primary N) is 1. The summed E-state index contributed by atoms with van der Waals surface area (Å²) in [5.41, 5.74) is 7.75. The van der Waals surface area contributed by atoms with Gasteiger partial charge < -0.3 is 11.1 Å². The van der Waals surface area contributed by atoms with Crippen molar-refractivity contribution in [3.8, 4) is 0 Å². The van der Waals surface area contributed by atoms with Gasteiger partial charge in [-0.1, -0.05) is 18.2 Å². The van der Waals surface area contributed by atoms with E-state index in [9.17, 15) is 17.6 Å². The molecule has 3 aromatic rings. The van der Waals surface area contributed by atoms with E-state index in [1.165, 1.54) is 12.1 Å². The molecule has 7 nitrogen and oxygen atoms in total. The standard InChI is InChI=1S/C20H19FN4O3S/c21-16-2-1-3-18(12-16)29(27,28)24-13-19(22)14-4-6-15(7-5-14)20(26)25-17-8-10-23-11-9-17/h1-12,19,24H,13,22H2,(H,23,25,26). The lowest BCUT2D eigenvalue weighted by atomic mass is 10.1. The second kappa shape index (κ2) is 8.91. The molecule has 0 saturated carbocycles. The maximum absolute atomic E-state index is 13.2. The summed E-state index contributed by atoms with van der Waals surface area (Å²) >= 11 is 0. The van der Waals surface area contributed by atoms with Crippen molar-refractivity contribution in [2.75, 3.05) is 11.9 Å². The molecule has 0 aliphatic carbocycles. The molecule has 1 heterocycles. The van der Waals surface area contributed by atoms with E-state index in [0.717, 1.165) is 12.1 Å². The minimum Gasteiger partial charge on any atom is -0.323 e. The van der Waals surface area contributed by atoms with Gasteiger partial charge in [0, 0.05) is 36.2 Å². The van der Waals surface area contributed by atoms with Crippen LogP contribution in [0.3, 0.4) is 0 Å². The average molecular weight is 414 g/mol. The number of amides is 1. The molecule has 0 bridgehead atoms. The summed E-state index contributed by atoms with van der Waals surface area (Å²) in [5, 5.41) is 2.74. The lowest BCUT2D eigenvalue weighted by Crippen LogP contribution is -2.32. The fourth-order valence-corrected chi connectivity index (χ4v) is 3.65. The smallest absolute Gasteiger partial charge is 0.255 e. The SMILES string of the molecule is NC(CNS(=O)(=O)c1cccc(F)c1)c1ccc(C(=O)Nc2ccncc2)cc1. The maximum atomic E-state index is 13.2. The van der Waals surface area contributed by atoms with E-state index in [1.54, 1.807) is 48.8 Å². The molecule has 0 saturated heterocycles. The topological polar surface area (TPSA) is 114 Å². The third-order valence-electron chi connectivity index (χ3n) is 4.14. The number of pyridine rings is 1. The van der Waals surface area contributed by atoms with Crippen LogP contribution in [0.4, 0.5) is 10.1 Å². The van der Waals surface area contributed by atoms with E-state index in [2.05, 4.69) is 15.0 Å². The van der Waals surface area contributed by atoms with Crippen molar-refractivity contribution >= 4 is 21.6 Å². The Labute approximate surface area is 167 Å². The van der Waals surface area contributed by atoms with Crippen LogP contribution in [0.5, 0.6) is 0 Å². The number of nitrogens with one attached hydrogen (secondary N) is 2. The van der Waals surface area contributed by atoms with Crippen molar-refractivity contribution in [3.05, 3.63) is 90.0 Å². The number of carbonyl (C=O) groups excluding carboxylic acids is 1. The number of hydrogen-bond donors (Lipinski definition) is 3. The Balaban J connectivity index is 1.61. The molecule has 150 valence electrons. The number of sulfonamides is 1. The van der Waals surface area contributed by atoms with Gasteiger partial charge in [0.15, 0.2) is 0 Å². The van der Waals surface area contributed by atoms with Crippen LogP contribution in [0.2, 0.25) is 0 Å². The first-order valence-electron chi connectivity index (χ1n) is 8.67. The molecule has 0 aliphatic rings. The first-order chi connectivity index (χ1) is 13.8. The van der Waals surface area contributed by atoms with Gasteiger partial charge in [0.1, 0.15) is 5.82 Å². The summed E-state index contributed by atoms with van der Waals surface area (Å²) in [5.74, 6) is -0.930. The molecule has 4 N–H and O–H groups in total. The minimum atomic E-state index is -3.88. The Morgan fingerprint density at radius 2 is 1.76 bits per heavy atom. The second-order valence-corrected chi connectivity index (χ2v) is 7.99. The van der Waals surface area contributed by atoms with Crippen LogP contribution >= 0.6 is 0 Å². The van der Waals surface area contributed by atoms with Crippen molar-refractivity contribution in [2.24, 2.45) is 5.73 Å². The zero-order valence-electron chi connectivity index (χ0n) is 15.2. The summed E-state index contributed by atoms with van der Waals surface area (Å²) in [6.07, 6.45) is 3.14. The van der Waals surface area contributed by atoms with E-state index in [1.807, 2.05) is 0 Å². The zero-order chi connectivity index (χ0) is 20.9. The molecule has 29 heavy (non-hydrogen) atoms. The van der Waals surface area contributed by atoms with Gasteiger partial charge >= 0.3 is 0 Å². The summed E-state index contributed by atoms with van der Waals surface area (Å²) in [4.78, 5) is 16.0. The summed E-state index contributed by atoms with van der Waals surface area (Å²) < 4.78 is 40.1. The number of aromatic nitrogens is 1. The molecule has 1 atom stereocenters. The molecule has 1 unspecified atom stereocenters. The van der Waals surface area contributed by atoms with E-state index in [4.69, 9.17) is 5.73 Å². The first kappa shape index (κ1) is 20.6. The van der Waals surface area contributed by atoms with Gasteiger partial charge in [0.2, 0.25) is 10.0 Å². The Bertz CT molecular complexity index is 1090. The zero-order valence-corrected chi connectivity index (χ0v) is 16.1. The summed E-state index contributed by atoms with van der Waals surface area (Å²) in [6, 6.07) is 13.9. The highest BCUT2D eigenvalue weighted by Gasteiger charge is 2.17. The van der Waals surface area contributed by atoms with Crippen molar-refractivity contribution in [1.29, 1.82) is 0 Å². The fourth-order valence-electron chi connectivity index (χ4n) is 2.56. The summed E-state index contributed by atoms with van der Waals surface area (Å²) in [6.45, 7) is -0.0819. The average Bonchev–Trinajstić information content (AvgIpc) is 2.73. The number of rotatable bonds is 7. The van der Waals surface area contributed by atoms with Gasteiger partial charge in [0.25, 0.3) is 5.91 Å². The number of benzene rings is 2. The Hall–Kier alpha value is -3.14. The molecule has 1 aromatic heterocycles. The van der Waals surface area contributed by atoms with Gasteiger partial charge in [-0.3, -0.25) is 9.78 Å². The Morgan fingerprint density at radius 3 is 2.41 bits per heavy atom. The highest BCUT2D eigenvalue weighted by Crippen LogP contribution is 2.15. The minimum absolute atomic E-state index is 0.0819. The van der Waals surface area contributed by atoms with Crippen molar-refractivity contribution in [3.63, 3.8) is 0 Å². The lowest BCUT2D eigenvalue weighted by Gasteiger charge is -2.14. The van der Waals surface area contributed by atoms with Crippen molar-refractivity contribution in [1.82, 2.24) is 9.71 Å². The summed E-state index contributed by atoms with van der Waals surface area (Å²) in [7, 11) is -3.88. The normalized spacial score (nSPS) is 12.3. The van der Waals surface area contributed by atoms with E-state index >= 15 is 0 Å². The van der Waals surface area contributed by atoms with Crippen molar-refractivity contribution in [2.45, 2.75) is 10.9 Å². The molecule has 0 radical (unpaired) electrons. The number of nitrogens with zero attached hydrogens (tertiary/aromatic N) is 1. The molecule has 0 aliphatic heterocycles. The van der Waals surface area contributed by atoms with Crippen LogP contribution in [0.1, 0.15) is 22.0 Å². The number of halogens is 1. The monoisotopic (exact) mass is 414 g/mol. The third-order valence-corrected chi connectivity index (χ3v) is 5.56. The number of anilines is 1. The Morgan fingerprint density at radius 1 is 1.07 bits per heavy atom. The largest absolute Gasteiger partial charge is 0.323 e. The predicted octanol–water partition coefficient (Wildman–Crippen LogP) is 2.45. The van der Waals surface area contributed by atoms with Crippen LogP contribution in [-0.4, -0.2) is 25.9 Å². The van der Waals surface area contributed by atoms with Gasteiger partial charge in [-0.2, -0.15) is 0 Å². The van der Waals surface area contributed by atoms with Crippen LogP contribution in [0.15, 0.2) is 78.0 Å². The first-order valence-corrected chi connectivity index (χ1v) is 10.2. The van der Waals surface area contributed by atoms with Gasteiger partial charge in [0.05, 0.1) is 4.90 Å². The second-order valence-electron chi connectivity index (χ2n) is 6.23. The van der Waals surface area contributed by atoms with Gasteiger partial charge in [-0.05, 0) is 48.0 Å². The molecule has 0 fully saturated rings. The van der Waals surface area contributed by atoms with E-state index in [-0.39, 0.29) is 17.3 Å². The van der Waals surface area contributed by atoms with E-state index in [0.29, 0.717) is 16.8 Å². The Kier molecular flexibility index (Phi) is 6.32. The molecule has 1 amide bonds. The lowest BCUT2D eigenvalue weighted by molar-refractivity contribution is 0.102. The third kappa shape index (κ3) is 5.44. The predicted molar refractivity (Wildman–Crippen MR) is 107 cm³/mol. The highest BCUT2D eigenvalue weighted by molar-refractivity contribution is 7.89. The van der Waals surface area contributed by atoms with Crippen LogP contribution < -0.4 is 15.8 Å². The molecule has 3 rings (SSSR count). The van der Waals surface area contributed by atoms with Gasteiger partial charge in [-0.15, -0.1) is 0 Å². The van der Waals surface area contributed by atoms with Crippen LogP contribution in [0.25, 0.3) is 0 Å². The maximum Gasteiger partial charge on any atom is 0.255 e. The van der Waals surface area contributed by atoms with Crippen molar-refractivity contribution < 1.29 is 17.6 Å². The highest BCUT2D eigenvalue weighted by atomic mass is 32.2. The van der Waals surface area contributed by atoms with E-state index < -0.39 is 21.9 Å². The molecule has 0 spiro atoms. The fraction of sp³-hybridized carbons (Fsp3) is 0.100. The quantitative estimate of drug-likeness (QED) is 0.549. The van der Waals surface area contributed by atoms with Crippen LogP contribution in [-0.2, 0) is 10.0 Å². The molecular formula is C20H19FN4O3S. The molecule has 9 heteroatoms. The molecule has 2 aromatic carbocycles. The van der Waals surface area contributed by atoms with Crippen LogP contribution in [0, 0.1) is 5.82 Å².